The van der Waals surface area contributed by atoms with E-state index >= 15 is 0 Å². The number of nitrogens with zero attached hydrogens (tertiary/aromatic N) is 1. The van der Waals surface area contributed by atoms with Crippen LogP contribution < -0.4 is 5.32 Å². The van der Waals surface area contributed by atoms with Crippen molar-refractivity contribution in [1.29, 1.82) is 0 Å². The predicted molar refractivity (Wildman–Crippen MR) is 88.0 cm³/mol. The molecule has 1 aromatic rings. The number of nitro groups is 1. The molecule has 0 saturated heterocycles. The molecule has 1 aliphatic rings. The largest absolute Gasteiger partial charge is 0.481 e. The number of carboxylic acids is 1. The van der Waals surface area contributed by atoms with Crippen molar-refractivity contribution in [2.24, 2.45) is 5.92 Å². The number of nitrogens with one attached hydrogen (secondary N) is 1. The summed E-state index contributed by atoms with van der Waals surface area (Å²) in [5.74, 6) is -1.69. The van der Waals surface area contributed by atoms with Crippen LogP contribution in [0.25, 0.3) is 0 Å². The standard InChI is InChI=1S/C17H22N2O5/c1-17(2,3)13-7-5-10(9-14(13)19(23)24)15(20)18-12-6-4-11(8-12)16(21)22/h5,7,9,11-12H,4,6,8H2,1-3H3,(H,18,20)(H,21,22)/t11-,12+/m1/s1. The Kier molecular flexibility index (Phi) is 4.91. The van der Waals surface area contributed by atoms with Gasteiger partial charge in [-0.05, 0) is 30.7 Å². The van der Waals surface area contributed by atoms with Gasteiger partial charge in [0.15, 0.2) is 0 Å². The Morgan fingerprint density at radius 3 is 2.46 bits per heavy atom. The summed E-state index contributed by atoms with van der Waals surface area (Å²) in [7, 11) is 0. The van der Waals surface area contributed by atoms with Gasteiger partial charge < -0.3 is 10.4 Å². The molecule has 2 rings (SSSR count). The van der Waals surface area contributed by atoms with Crippen molar-refractivity contribution in [1.82, 2.24) is 5.32 Å². The molecule has 2 atom stereocenters. The highest BCUT2D eigenvalue weighted by Gasteiger charge is 2.31. The van der Waals surface area contributed by atoms with Gasteiger partial charge in [-0.3, -0.25) is 19.7 Å². The van der Waals surface area contributed by atoms with Crippen molar-refractivity contribution in [2.75, 3.05) is 0 Å². The van der Waals surface area contributed by atoms with Gasteiger partial charge in [-0.2, -0.15) is 0 Å². The Labute approximate surface area is 140 Å². The molecule has 1 saturated carbocycles. The highest BCUT2D eigenvalue weighted by molar-refractivity contribution is 5.95. The molecule has 0 radical (unpaired) electrons. The van der Waals surface area contributed by atoms with E-state index in [0.29, 0.717) is 24.8 Å². The number of nitro benzene ring substituents is 1. The highest BCUT2D eigenvalue weighted by Crippen LogP contribution is 2.32. The van der Waals surface area contributed by atoms with Crippen molar-refractivity contribution < 1.29 is 19.6 Å². The summed E-state index contributed by atoms with van der Waals surface area (Å²) in [6.45, 7) is 5.62. The molecule has 1 amide bonds. The molecule has 0 aromatic heterocycles. The number of aliphatic carboxylic acids is 1. The molecule has 7 nitrogen and oxygen atoms in total. The second-order valence-electron chi connectivity index (χ2n) is 7.26. The fourth-order valence-corrected chi connectivity index (χ4v) is 3.06. The Balaban J connectivity index is 2.17. The molecule has 1 aliphatic carbocycles. The minimum absolute atomic E-state index is 0.0787. The summed E-state index contributed by atoms with van der Waals surface area (Å²) in [6, 6.07) is 4.27. The molecule has 0 bridgehead atoms. The van der Waals surface area contributed by atoms with Gasteiger partial charge in [-0.1, -0.05) is 26.8 Å². The van der Waals surface area contributed by atoms with E-state index in [9.17, 15) is 19.7 Å². The third-order valence-corrected chi connectivity index (χ3v) is 4.38. The molecular weight excluding hydrogens is 312 g/mol. The van der Waals surface area contributed by atoms with Crippen LogP contribution in [0.4, 0.5) is 5.69 Å². The van der Waals surface area contributed by atoms with Gasteiger partial charge in [0.1, 0.15) is 0 Å². The first-order valence-electron chi connectivity index (χ1n) is 7.92. The zero-order valence-corrected chi connectivity index (χ0v) is 14.0. The Morgan fingerprint density at radius 1 is 1.29 bits per heavy atom. The molecule has 0 unspecified atom stereocenters. The summed E-state index contributed by atoms with van der Waals surface area (Å²) < 4.78 is 0. The lowest BCUT2D eigenvalue weighted by molar-refractivity contribution is -0.386. The van der Waals surface area contributed by atoms with Crippen LogP contribution in [-0.4, -0.2) is 27.9 Å². The number of hydrogen-bond donors (Lipinski definition) is 2. The van der Waals surface area contributed by atoms with E-state index in [0.717, 1.165) is 0 Å². The van der Waals surface area contributed by atoms with Crippen molar-refractivity contribution in [3.63, 3.8) is 0 Å². The van der Waals surface area contributed by atoms with Gasteiger partial charge in [-0.25, -0.2) is 0 Å². The minimum Gasteiger partial charge on any atom is -0.481 e. The zero-order chi connectivity index (χ0) is 18.1. The number of rotatable bonds is 4. The normalized spacial score (nSPS) is 20.6. The van der Waals surface area contributed by atoms with Gasteiger partial charge >= 0.3 is 5.97 Å². The smallest absolute Gasteiger partial charge is 0.306 e. The second-order valence-corrected chi connectivity index (χ2v) is 7.26. The molecule has 0 heterocycles. The Hall–Kier alpha value is -2.44. The van der Waals surface area contributed by atoms with E-state index in [1.54, 1.807) is 12.1 Å². The van der Waals surface area contributed by atoms with Crippen LogP contribution in [0.1, 0.15) is 56.0 Å². The number of amides is 1. The van der Waals surface area contributed by atoms with Crippen molar-refractivity contribution in [2.45, 2.75) is 51.5 Å². The van der Waals surface area contributed by atoms with E-state index in [2.05, 4.69) is 5.32 Å². The molecule has 1 fully saturated rings. The van der Waals surface area contributed by atoms with E-state index in [1.165, 1.54) is 6.07 Å². The minimum atomic E-state index is -0.850. The number of carbonyl (C=O) groups excluding carboxylic acids is 1. The van der Waals surface area contributed by atoms with Crippen LogP contribution >= 0.6 is 0 Å². The van der Waals surface area contributed by atoms with Gasteiger partial charge in [-0.15, -0.1) is 0 Å². The van der Waals surface area contributed by atoms with Crippen LogP contribution in [0.2, 0.25) is 0 Å². The zero-order valence-electron chi connectivity index (χ0n) is 14.0. The van der Waals surface area contributed by atoms with E-state index in [4.69, 9.17) is 5.11 Å². The Morgan fingerprint density at radius 2 is 1.96 bits per heavy atom. The van der Waals surface area contributed by atoms with Gasteiger partial charge in [0.25, 0.3) is 11.6 Å². The van der Waals surface area contributed by atoms with Crippen LogP contribution in [0.5, 0.6) is 0 Å². The van der Waals surface area contributed by atoms with Crippen molar-refractivity contribution in [3.05, 3.63) is 39.4 Å². The third kappa shape index (κ3) is 3.90. The number of hydrogen-bond acceptors (Lipinski definition) is 4. The average molecular weight is 334 g/mol. The third-order valence-electron chi connectivity index (χ3n) is 4.38. The van der Waals surface area contributed by atoms with Crippen LogP contribution in [0.15, 0.2) is 18.2 Å². The summed E-state index contributed by atoms with van der Waals surface area (Å²) in [5, 5.41) is 23.1. The van der Waals surface area contributed by atoms with E-state index < -0.39 is 28.1 Å². The highest BCUT2D eigenvalue weighted by atomic mass is 16.6. The molecular formula is C17H22N2O5. The van der Waals surface area contributed by atoms with E-state index in [-0.39, 0.29) is 17.3 Å². The van der Waals surface area contributed by atoms with Crippen molar-refractivity contribution >= 4 is 17.6 Å². The van der Waals surface area contributed by atoms with Gasteiger partial charge in [0.05, 0.1) is 10.8 Å². The maximum atomic E-state index is 12.3. The quantitative estimate of drug-likeness (QED) is 0.650. The fourth-order valence-electron chi connectivity index (χ4n) is 3.06. The van der Waals surface area contributed by atoms with Gasteiger partial charge in [0, 0.05) is 23.2 Å². The van der Waals surface area contributed by atoms with Crippen LogP contribution in [-0.2, 0) is 10.2 Å². The number of benzene rings is 1. The predicted octanol–water partition coefficient (Wildman–Crippen LogP) is 2.88. The maximum Gasteiger partial charge on any atom is 0.306 e. The molecule has 0 aliphatic heterocycles. The van der Waals surface area contributed by atoms with Crippen LogP contribution in [0.3, 0.4) is 0 Å². The lowest BCUT2D eigenvalue weighted by atomic mass is 9.85. The lowest BCUT2D eigenvalue weighted by Gasteiger charge is -2.19. The summed E-state index contributed by atoms with van der Waals surface area (Å²) in [6.07, 6.45) is 1.53. The first kappa shape index (κ1) is 17.9. The summed E-state index contributed by atoms with van der Waals surface area (Å²) >= 11 is 0. The first-order chi connectivity index (χ1) is 11.1. The molecule has 7 heteroatoms. The number of carbonyl (C=O) groups is 2. The molecule has 1 aromatic carbocycles. The topological polar surface area (TPSA) is 110 Å². The SMILES string of the molecule is CC(C)(C)c1ccc(C(=O)N[C@H]2CC[C@@H](C(=O)O)C2)cc1[N+](=O)[O-]. The maximum absolute atomic E-state index is 12.3. The first-order valence-corrected chi connectivity index (χ1v) is 7.92. The molecule has 24 heavy (non-hydrogen) atoms. The van der Waals surface area contributed by atoms with E-state index in [1.807, 2.05) is 20.8 Å². The second kappa shape index (κ2) is 6.59. The molecule has 2 N–H and O–H groups in total. The molecule has 130 valence electrons. The van der Waals surface area contributed by atoms with Crippen molar-refractivity contribution in [3.8, 4) is 0 Å². The average Bonchev–Trinajstić information content (AvgIpc) is 2.94. The lowest BCUT2D eigenvalue weighted by Crippen LogP contribution is -2.33. The summed E-state index contributed by atoms with van der Waals surface area (Å²) in [4.78, 5) is 34.1. The number of carboxylic acid groups (broad SMARTS) is 1. The monoisotopic (exact) mass is 334 g/mol. The fraction of sp³-hybridized carbons (Fsp3) is 0.529. The summed E-state index contributed by atoms with van der Waals surface area (Å²) in [5.41, 5.74) is 0.298. The van der Waals surface area contributed by atoms with Gasteiger partial charge in [0.2, 0.25) is 0 Å². The molecule has 0 spiro atoms. The van der Waals surface area contributed by atoms with Crippen LogP contribution in [0, 0.1) is 16.0 Å². The Bertz CT molecular complexity index is 678.